The highest BCUT2D eigenvalue weighted by atomic mass is 32.1. The van der Waals surface area contributed by atoms with E-state index in [0.29, 0.717) is 38.3 Å². The van der Waals surface area contributed by atoms with E-state index in [1.807, 2.05) is 11.1 Å². The van der Waals surface area contributed by atoms with E-state index in [0.717, 1.165) is 32.2 Å². The lowest BCUT2D eigenvalue weighted by Crippen LogP contribution is -2.51. The van der Waals surface area contributed by atoms with Gasteiger partial charge in [-0.15, -0.1) is 11.3 Å². The van der Waals surface area contributed by atoms with E-state index >= 15 is 0 Å². The third-order valence-corrected chi connectivity index (χ3v) is 8.32. The first kappa shape index (κ1) is 29.7. The van der Waals surface area contributed by atoms with Crippen LogP contribution < -0.4 is 21.9 Å². The van der Waals surface area contributed by atoms with E-state index in [2.05, 4.69) is 9.88 Å². The third kappa shape index (κ3) is 6.18. The van der Waals surface area contributed by atoms with Crippen LogP contribution in [0.5, 0.6) is 0 Å². The summed E-state index contributed by atoms with van der Waals surface area (Å²) in [5, 5.41) is 0. The fourth-order valence-corrected chi connectivity index (χ4v) is 5.95. The van der Waals surface area contributed by atoms with Crippen molar-refractivity contribution in [2.24, 2.45) is 5.73 Å². The molecule has 0 aliphatic carbocycles. The fraction of sp³-hybridized carbons (Fsp3) is 0.345. The van der Waals surface area contributed by atoms with Crippen LogP contribution in [0.3, 0.4) is 0 Å². The lowest BCUT2D eigenvalue weighted by molar-refractivity contribution is -0.138. The molecule has 0 bridgehead atoms. The Morgan fingerprint density at radius 2 is 1.69 bits per heavy atom. The van der Waals surface area contributed by atoms with Gasteiger partial charge in [-0.3, -0.25) is 23.8 Å². The molecular formula is C29H30F4N6O2S. The summed E-state index contributed by atoms with van der Waals surface area (Å²) in [4.78, 5) is 36.9. The first-order valence-electron chi connectivity index (χ1n) is 13.4. The number of anilines is 1. The van der Waals surface area contributed by atoms with E-state index in [9.17, 15) is 27.2 Å². The van der Waals surface area contributed by atoms with Crippen LogP contribution in [0.1, 0.15) is 33.3 Å². The Hall–Kier alpha value is -3.81. The number of thiazole rings is 1. The highest BCUT2D eigenvalue weighted by Crippen LogP contribution is 2.33. The number of alkyl halides is 3. The predicted molar refractivity (Wildman–Crippen MR) is 153 cm³/mol. The van der Waals surface area contributed by atoms with Gasteiger partial charge in [0.1, 0.15) is 11.5 Å². The van der Waals surface area contributed by atoms with E-state index in [4.69, 9.17) is 5.73 Å². The van der Waals surface area contributed by atoms with Crippen molar-refractivity contribution < 1.29 is 17.6 Å². The zero-order chi connectivity index (χ0) is 30.0. The predicted octanol–water partition coefficient (Wildman–Crippen LogP) is 4.00. The largest absolute Gasteiger partial charge is 0.416 e. The van der Waals surface area contributed by atoms with E-state index in [1.165, 1.54) is 6.92 Å². The highest BCUT2D eigenvalue weighted by Gasteiger charge is 2.35. The molecule has 1 fully saturated rings. The Bertz CT molecular complexity index is 1650. The Kier molecular flexibility index (Phi) is 8.62. The maximum atomic E-state index is 14.9. The smallest absolute Gasteiger partial charge is 0.363 e. The minimum atomic E-state index is -4.84. The molecule has 42 heavy (non-hydrogen) atoms. The highest BCUT2D eigenvalue weighted by molar-refractivity contribution is 7.09. The fourth-order valence-electron chi connectivity index (χ4n) is 5.31. The monoisotopic (exact) mass is 602 g/mol. The Morgan fingerprint density at radius 1 is 0.976 bits per heavy atom. The van der Waals surface area contributed by atoms with Gasteiger partial charge in [0.15, 0.2) is 0 Å². The molecule has 0 saturated carbocycles. The molecule has 222 valence electrons. The standard InChI is InChI=1S/C29H30F4N6O2S/c1-19-26(37-12-10-36(11-13-37)15-21-14-35-18-42-21)27(40)39(17-25(34)20-6-3-2-4-7-20)28(41)38(19)16-22-23(29(31,32)33)8-5-9-24(22)30/h2-9,14,18,25H,10-13,15-17,34H2,1H3/t25-/m0/s1. The van der Waals surface area contributed by atoms with E-state index in [-0.39, 0.29) is 17.9 Å². The second-order valence-corrected chi connectivity index (χ2v) is 11.2. The molecule has 5 rings (SSSR count). The van der Waals surface area contributed by atoms with Crippen LogP contribution in [-0.4, -0.2) is 45.2 Å². The molecule has 8 nitrogen and oxygen atoms in total. The van der Waals surface area contributed by atoms with Crippen molar-refractivity contribution in [2.45, 2.75) is 38.8 Å². The van der Waals surface area contributed by atoms with Crippen LogP contribution in [0.15, 0.2) is 69.8 Å². The Morgan fingerprint density at radius 3 is 2.33 bits per heavy atom. The zero-order valence-electron chi connectivity index (χ0n) is 22.9. The molecule has 0 spiro atoms. The first-order valence-corrected chi connectivity index (χ1v) is 14.3. The molecule has 13 heteroatoms. The summed E-state index contributed by atoms with van der Waals surface area (Å²) in [7, 11) is 0. The summed E-state index contributed by atoms with van der Waals surface area (Å²) in [5.74, 6) is -1.09. The van der Waals surface area contributed by atoms with Gasteiger partial charge in [-0.05, 0) is 24.6 Å². The van der Waals surface area contributed by atoms with Crippen molar-refractivity contribution in [3.05, 3.63) is 114 Å². The molecule has 0 radical (unpaired) electrons. The average Bonchev–Trinajstić information content (AvgIpc) is 3.48. The van der Waals surface area contributed by atoms with Crippen molar-refractivity contribution >= 4 is 17.0 Å². The first-order chi connectivity index (χ1) is 20.0. The third-order valence-electron chi connectivity index (χ3n) is 7.56. The van der Waals surface area contributed by atoms with E-state index < -0.39 is 47.0 Å². The summed E-state index contributed by atoms with van der Waals surface area (Å²) in [6, 6.07) is 10.8. The molecule has 1 aliphatic rings. The lowest BCUT2D eigenvalue weighted by Gasteiger charge is -2.36. The van der Waals surface area contributed by atoms with Gasteiger partial charge < -0.3 is 10.6 Å². The van der Waals surface area contributed by atoms with Gasteiger partial charge in [-0.2, -0.15) is 13.2 Å². The van der Waals surface area contributed by atoms with Crippen LogP contribution in [0.25, 0.3) is 0 Å². The molecule has 4 aromatic rings. The van der Waals surface area contributed by atoms with Gasteiger partial charge in [-0.1, -0.05) is 36.4 Å². The van der Waals surface area contributed by atoms with Crippen LogP contribution in [0.2, 0.25) is 0 Å². The second-order valence-electron chi connectivity index (χ2n) is 10.2. The number of piperazine rings is 1. The Labute approximate surface area is 243 Å². The van der Waals surface area contributed by atoms with Gasteiger partial charge in [0, 0.05) is 61.1 Å². The molecular weight excluding hydrogens is 572 g/mol. The molecule has 2 aromatic carbocycles. The van der Waals surface area contributed by atoms with Crippen LogP contribution in [0.4, 0.5) is 23.2 Å². The number of rotatable bonds is 8. The molecule has 0 unspecified atom stereocenters. The number of halogens is 4. The number of nitrogens with zero attached hydrogens (tertiary/aromatic N) is 5. The van der Waals surface area contributed by atoms with Crippen LogP contribution >= 0.6 is 11.3 Å². The molecule has 1 atom stereocenters. The molecule has 1 aliphatic heterocycles. The van der Waals surface area contributed by atoms with Crippen molar-refractivity contribution in [2.75, 3.05) is 31.1 Å². The number of aromatic nitrogens is 3. The van der Waals surface area contributed by atoms with Gasteiger partial charge in [-0.25, -0.2) is 9.18 Å². The van der Waals surface area contributed by atoms with Gasteiger partial charge in [0.25, 0.3) is 5.56 Å². The topological polar surface area (TPSA) is 89.4 Å². The lowest BCUT2D eigenvalue weighted by atomic mass is 10.1. The SMILES string of the molecule is Cc1c(N2CCN(Cc3cncs3)CC2)c(=O)n(C[C@H](N)c2ccccc2)c(=O)n1Cc1c(F)cccc1C(F)(F)F. The number of hydrogen-bond acceptors (Lipinski definition) is 7. The van der Waals surface area contributed by atoms with Crippen LogP contribution in [-0.2, 0) is 25.8 Å². The molecule has 1 saturated heterocycles. The summed E-state index contributed by atoms with van der Waals surface area (Å²) in [6.45, 7) is 3.44. The van der Waals surface area contributed by atoms with Gasteiger partial charge in [0.05, 0.1) is 24.2 Å². The molecule has 2 aromatic heterocycles. The maximum absolute atomic E-state index is 14.9. The van der Waals surface area contributed by atoms with Crippen molar-refractivity contribution in [3.63, 3.8) is 0 Å². The summed E-state index contributed by atoms with van der Waals surface area (Å²) in [6.07, 6.45) is -3.03. The number of hydrogen-bond donors (Lipinski definition) is 1. The molecule has 0 amide bonds. The quantitative estimate of drug-likeness (QED) is 0.307. The molecule has 3 heterocycles. The van der Waals surface area contributed by atoms with Gasteiger partial charge >= 0.3 is 11.9 Å². The minimum Gasteiger partial charge on any atom is -0.363 e. The zero-order valence-corrected chi connectivity index (χ0v) is 23.7. The number of benzene rings is 2. The van der Waals surface area contributed by atoms with E-state index in [1.54, 1.807) is 47.2 Å². The summed E-state index contributed by atoms with van der Waals surface area (Å²) >= 11 is 1.55. The van der Waals surface area contributed by atoms with Crippen molar-refractivity contribution in [1.29, 1.82) is 0 Å². The molecule has 2 N–H and O–H groups in total. The van der Waals surface area contributed by atoms with Crippen molar-refractivity contribution in [3.8, 4) is 0 Å². The van der Waals surface area contributed by atoms with Crippen LogP contribution in [0, 0.1) is 12.7 Å². The summed E-state index contributed by atoms with van der Waals surface area (Å²) < 4.78 is 58.4. The van der Waals surface area contributed by atoms with Crippen molar-refractivity contribution in [1.82, 2.24) is 19.0 Å². The van der Waals surface area contributed by atoms with Gasteiger partial charge in [0.2, 0.25) is 0 Å². The maximum Gasteiger partial charge on any atom is 0.416 e. The summed E-state index contributed by atoms with van der Waals surface area (Å²) in [5.41, 5.74) is 5.90. The second kappa shape index (κ2) is 12.2. The Balaban J connectivity index is 1.56. The number of nitrogens with two attached hydrogens (primary N) is 1. The normalized spacial score (nSPS) is 15.2. The average molecular weight is 603 g/mol. The minimum absolute atomic E-state index is 0.168.